The number of hydrogen-bond donors (Lipinski definition) is 2. The van der Waals surface area contributed by atoms with E-state index in [0.717, 1.165) is 0 Å². The Morgan fingerprint density at radius 2 is 2.00 bits per heavy atom. The average molecular weight is 331 g/mol. The number of carbonyl (C=O) groups excluding carboxylic acids is 1. The molecule has 4 atom stereocenters. The topological polar surface area (TPSA) is 76.0 Å². The molecule has 3 aliphatic rings. The van der Waals surface area contributed by atoms with Crippen LogP contribution in [0.25, 0.3) is 0 Å². The standard InChI is InChI=1S/C16H23ClO5/c1-14(2)6-9(18)8-5-10-16(20,13(17)12(8)22-14)7-11(21-10)15(3,4)19/h10-11,13,19-20H,5-7H2,1-4H3. The predicted octanol–water partition coefficient (Wildman–Crippen LogP) is 1.68. The lowest BCUT2D eigenvalue weighted by atomic mass is 9.75. The Kier molecular flexibility index (Phi) is 3.47. The minimum absolute atomic E-state index is 0.00532. The van der Waals surface area contributed by atoms with Crippen molar-refractivity contribution < 1.29 is 24.5 Å². The summed E-state index contributed by atoms with van der Waals surface area (Å²) in [5.74, 6) is 0.371. The number of ether oxygens (including phenoxy) is 2. The van der Waals surface area contributed by atoms with E-state index in [1.807, 2.05) is 13.8 Å². The van der Waals surface area contributed by atoms with Crippen molar-refractivity contribution in [3.05, 3.63) is 11.3 Å². The highest BCUT2D eigenvalue weighted by atomic mass is 35.5. The van der Waals surface area contributed by atoms with E-state index in [-0.39, 0.29) is 25.0 Å². The summed E-state index contributed by atoms with van der Waals surface area (Å²) in [7, 11) is 0. The van der Waals surface area contributed by atoms with E-state index in [0.29, 0.717) is 11.3 Å². The van der Waals surface area contributed by atoms with Gasteiger partial charge in [-0.1, -0.05) is 0 Å². The van der Waals surface area contributed by atoms with Crippen molar-refractivity contribution in [1.29, 1.82) is 0 Å². The van der Waals surface area contributed by atoms with Crippen LogP contribution in [0.2, 0.25) is 0 Å². The first kappa shape index (κ1) is 16.2. The fourth-order valence-corrected chi connectivity index (χ4v) is 3.96. The second kappa shape index (κ2) is 4.69. The molecule has 4 unspecified atom stereocenters. The van der Waals surface area contributed by atoms with Crippen LogP contribution >= 0.6 is 11.6 Å². The van der Waals surface area contributed by atoms with Crippen LogP contribution in [0, 0.1) is 0 Å². The number of hydrogen-bond acceptors (Lipinski definition) is 5. The Morgan fingerprint density at radius 1 is 1.36 bits per heavy atom. The van der Waals surface area contributed by atoms with E-state index < -0.39 is 34.4 Å². The van der Waals surface area contributed by atoms with Gasteiger partial charge in [-0.05, 0) is 27.7 Å². The van der Waals surface area contributed by atoms with E-state index in [1.165, 1.54) is 0 Å². The second-order valence-corrected chi connectivity index (χ2v) is 8.27. The average Bonchev–Trinajstić information content (AvgIpc) is 2.69. The zero-order chi connectivity index (χ0) is 16.5. The molecule has 2 aliphatic heterocycles. The Hall–Kier alpha value is -0.620. The maximum Gasteiger partial charge on any atom is 0.166 e. The first-order chi connectivity index (χ1) is 9.94. The van der Waals surface area contributed by atoms with Crippen molar-refractivity contribution in [2.75, 3.05) is 0 Å². The van der Waals surface area contributed by atoms with E-state index in [1.54, 1.807) is 13.8 Å². The fourth-order valence-electron chi connectivity index (χ4n) is 3.56. The summed E-state index contributed by atoms with van der Waals surface area (Å²) < 4.78 is 11.7. The predicted molar refractivity (Wildman–Crippen MR) is 80.6 cm³/mol. The number of Topliss-reactive ketones (excluding diaryl/α,β-unsaturated/α-hetero) is 1. The van der Waals surface area contributed by atoms with Crippen molar-refractivity contribution >= 4 is 17.4 Å². The van der Waals surface area contributed by atoms with Crippen molar-refractivity contribution in [2.24, 2.45) is 0 Å². The van der Waals surface area contributed by atoms with Crippen LogP contribution in [0.1, 0.15) is 47.0 Å². The van der Waals surface area contributed by atoms with E-state index in [2.05, 4.69) is 0 Å². The largest absolute Gasteiger partial charge is 0.490 e. The Morgan fingerprint density at radius 3 is 2.59 bits per heavy atom. The molecule has 0 spiro atoms. The van der Waals surface area contributed by atoms with Crippen molar-refractivity contribution in [1.82, 2.24) is 0 Å². The molecule has 5 nitrogen and oxygen atoms in total. The number of carbonyl (C=O) groups is 1. The second-order valence-electron chi connectivity index (χ2n) is 7.83. The molecule has 124 valence electrons. The Bertz CT molecular complexity index is 547. The third-order valence-electron chi connectivity index (χ3n) is 4.85. The highest BCUT2D eigenvalue weighted by Crippen LogP contribution is 2.50. The molecular weight excluding hydrogens is 308 g/mol. The van der Waals surface area contributed by atoms with Crippen molar-refractivity contribution in [2.45, 2.75) is 81.3 Å². The van der Waals surface area contributed by atoms with Gasteiger partial charge in [-0.15, -0.1) is 11.6 Å². The number of fused-ring (bicyclic) bond motifs is 1. The molecular formula is C16H23ClO5. The molecule has 1 saturated heterocycles. The van der Waals surface area contributed by atoms with Gasteiger partial charge in [0.2, 0.25) is 0 Å². The van der Waals surface area contributed by atoms with Crippen LogP contribution < -0.4 is 0 Å². The zero-order valence-corrected chi connectivity index (χ0v) is 14.1. The fraction of sp³-hybridized carbons (Fsp3) is 0.812. The summed E-state index contributed by atoms with van der Waals surface area (Å²) in [4.78, 5) is 12.4. The maximum absolute atomic E-state index is 12.4. The number of halogens is 1. The summed E-state index contributed by atoms with van der Waals surface area (Å²) in [5.41, 5.74) is -2.53. The molecule has 1 aliphatic carbocycles. The molecule has 6 heteroatoms. The van der Waals surface area contributed by atoms with E-state index in [4.69, 9.17) is 21.1 Å². The monoisotopic (exact) mass is 330 g/mol. The molecule has 0 amide bonds. The van der Waals surface area contributed by atoms with Crippen LogP contribution in [0.3, 0.4) is 0 Å². The van der Waals surface area contributed by atoms with Gasteiger partial charge in [-0.25, -0.2) is 0 Å². The smallest absolute Gasteiger partial charge is 0.166 e. The molecule has 2 N–H and O–H groups in total. The molecule has 0 aromatic carbocycles. The van der Waals surface area contributed by atoms with Crippen LogP contribution in [-0.2, 0) is 14.3 Å². The van der Waals surface area contributed by atoms with Gasteiger partial charge in [0.25, 0.3) is 0 Å². The molecule has 3 rings (SSSR count). The number of ketones is 1. The van der Waals surface area contributed by atoms with Gasteiger partial charge in [0.1, 0.15) is 22.3 Å². The van der Waals surface area contributed by atoms with Gasteiger partial charge in [0, 0.05) is 18.4 Å². The molecule has 0 bridgehead atoms. The number of alkyl halides is 1. The summed E-state index contributed by atoms with van der Waals surface area (Å²) in [5, 5.41) is 20.3. The minimum atomic E-state index is -1.33. The first-order valence-electron chi connectivity index (χ1n) is 7.63. The highest BCUT2D eigenvalue weighted by Gasteiger charge is 2.60. The number of aliphatic hydroxyl groups is 2. The molecule has 0 aromatic rings. The van der Waals surface area contributed by atoms with E-state index >= 15 is 0 Å². The number of rotatable bonds is 1. The summed E-state index contributed by atoms with van der Waals surface area (Å²) in [6.07, 6.45) is -0.358. The van der Waals surface area contributed by atoms with Crippen LogP contribution in [0.5, 0.6) is 0 Å². The summed E-state index contributed by atoms with van der Waals surface area (Å²) in [6.45, 7) is 6.94. The Balaban J connectivity index is 1.96. The SMILES string of the molecule is CC1(C)CC(=O)C2=C(O1)C(Cl)C1(O)CC(C(C)(C)O)OC1C2. The van der Waals surface area contributed by atoms with E-state index in [9.17, 15) is 15.0 Å². The van der Waals surface area contributed by atoms with Gasteiger partial charge >= 0.3 is 0 Å². The lowest BCUT2D eigenvalue weighted by Gasteiger charge is -2.44. The molecule has 22 heavy (non-hydrogen) atoms. The lowest BCUT2D eigenvalue weighted by molar-refractivity contribution is -0.131. The molecule has 0 radical (unpaired) electrons. The summed E-state index contributed by atoms with van der Waals surface area (Å²) >= 11 is 6.49. The maximum atomic E-state index is 12.4. The van der Waals surface area contributed by atoms with Gasteiger partial charge in [-0.2, -0.15) is 0 Å². The highest BCUT2D eigenvalue weighted by molar-refractivity contribution is 6.24. The lowest BCUT2D eigenvalue weighted by Crippen LogP contribution is -2.54. The Labute approximate surface area is 135 Å². The van der Waals surface area contributed by atoms with Gasteiger partial charge in [-0.3, -0.25) is 4.79 Å². The third-order valence-corrected chi connectivity index (χ3v) is 5.43. The van der Waals surface area contributed by atoms with Crippen molar-refractivity contribution in [3.8, 4) is 0 Å². The van der Waals surface area contributed by atoms with Crippen LogP contribution in [-0.4, -0.2) is 50.4 Å². The van der Waals surface area contributed by atoms with Crippen molar-refractivity contribution in [3.63, 3.8) is 0 Å². The van der Waals surface area contributed by atoms with Crippen LogP contribution in [0.4, 0.5) is 0 Å². The molecule has 1 fully saturated rings. The van der Waals surface area contributed by atoms with Crippen LogP contribution in [0.15, 0.2) is 11.3 Å². The first-order valence-corrected chi connectivity index (χ1v) is 8.07. The van der Waals surface area contributed by atoms with Gasteiger partial charge in [0.15, 0.2) is 5.78 Å². The zero-order valence-electron chi connectivity index (χ0n) is 13.4. The molecule has 0 saturated carbocycles. The minimum Gasteiger partial charge on any atom is -0.490 e. The summed E-state index contributed by atoms with van der Waals surface area (Å²) in [6, 6.07) is 0. The molecule has 2 heterocycles. The van der Waals surface area contributed by atoms with Gasteiger partial charge in [0.05, 0.1) is 24.2 Å². The normalized spacial score (nSPS) is 41.0. The molecule has 0 aromatic heterocycles. The van der Waals surface area contributed by atoms with Gasteiger partial charge < -0.3 is 19.7 Å². The third kappa shape index (κ3) is 2.39. The quantitative estimate of drug-likeness (QED) is 0.715.